The topological polar surface area (TPSA) is 15.3 Å². The molecule has 1 aliphatic rings. The summed E-state index contributed by atoms with van der Waals surface area (Å²) in [5.41, 5.74) is 1.02. The van der Waals surface area contributed by atoms with E-state index in [2.05, 4.69) is 24.1 Å². The van der Waals surface area contributed by atoms with Crippen LogP contribution in [0, 0.1) is 5.82 Å². The first kappa shape index (κ1) is 12.5. The summed E-state index contributed by atoms with van der Waals surface area (Å²) in [5, 5.41) is 3.50. The maximum atomic E-state index is 13.0. The van der Waals surface area contributed by atoms with Crippen LogP contribution in [0.2, 0.25) is 0 Å². The number of hydrogen-bond donors (Lipinski definition) is 1. The fraction of sp³-hybridized carbons (Fsp3) is 0.571. The van der Waals surface area contributed by atoms with Crippen LogP contribution in [0.5, 0.6) is 0 Å². The van der Waals surface area contributed by atoms with Gasteiger partial charge in [0.1, 0.15) is 5.82 Å². The van der Waals surface area contributed by atoms with E-state index >= 15 is 0 Å². The molecule has 2 nitrogen and oxygen atoms in total. The van der Waals surface area contributed by atoms with Crippen LogP contribution < -0.4 is 5.32 Å². The summed E-state index contributed by atoms with van der Waals surface area (Å²) in [4.78, 5) is 2.48. The Morgan fingerprint density at radius 3 is 2.94 bits per heavy atom. The van der Waals surface area contributed by atoms with Gasteiger partial charge in [0.2, 0.25) is 0 Å². The van der Waals surface area contributed by atoms with Crippen molar-refractivity contribution in [2.45, 2.75) is 38.9 Å². The highest BCUT2D eigenvalue weighted by atomic mass is 19.1. The molecule has 1 aromatic carbocycles. The molecule has 0 saturated carbocycles. The summed E-state index contributed by atoms with van der Waals surface area (Å²) in [7, 11) is 0. The molecule has 1 saturated heterocycles. The number of likely N-dealkylation sites (tertiary alicyclic amines) is 1. The summed E-state index contributed by atoms with van der Waals surface area (Å²) in [6.45, 7) is 7.49. The second-order valence-corrected chi connectivity index (χ2v) is 5.09. The molecule has 1 aromatic rings. The lowest BCUT2D eigenvalue weighted by molar-refractivity contribution is 0.268. The van der Waals surface area contributed by atoms with Crippen LogP contribution >= 0.6 is 0 Å². The molecule has 94 valence electrons. The third-order valence-corrected chi connectivity index (χ3v) is 3.43. The fourth-order valence-electron chi connectivity index (χ4n) is 2.33. The Balaban J connectivity index is 1.80. The molecule has 0 aromatic heterocycles. The van der Waals surface area contributed by atoms with E-state index in [-0.39, 0.29) is 5.82 Å². The van der Waals surface area contributed by atoms with Gasteiger partial charge in [0.15, 0.2) is 0 Å². The van der Waals surface area contributed by atoms with Gasteiger partial charge in [-0.3, -0.25) is 4.90 Å². The number of nitrogens with zero attached hydrogens (tertiary/aromatic N) is 1. The van der Waals surface area contributed by atoms with Crippen molar-refractivity contribution in [3.63, 3.8) is 0 Å². The van der Waals surface area contributed by atoms with Crippen LogP contribution in [0.25, 0.3) is 0 Å². The van der Waals surface area contributed by atoms with E-state index in [1.807, 2.05) is 6.07 Å². The quantitative estimate of drug-likeness (QED) is 0.863. The zero-order valence-electron chi connectivity index (χ0n) is 10.6. The SMILES string of the molecule is CC(C)N1CCC(NCc2cccc(F)c2)C1. The Kier molecular flexibility index (Phi) is 4.13. The van der Waals surface area contributed by atoms with Gasteiger partial charge in [0.05, 0.1) is 0 Å². The van der Waals surface area contributed by atoms with Gasteiger partial charge in [-0.05, 0) is 44.5 Å². The summed E-state index contributed by atoms with van der Waals surface area (Å²) < 4.78 is 13.0. The summed E-state index contributed by atoms with van der Waals surface area (Å²) in [6, 6.07) is 7.98. The van der Waals surface area contributed by atoms with Crippen LogP contribution in [0.15, 0.2) is 24.3 Å². The molecule has 1 fully saturated rings. The monoisotopic (exact) mass is 236 g/mol. The predicted molar refractivity (Wildman–Crippen MR) is 68.4 cm³/mol. The van der Waals surface area contributed by atoms with E-state index in [1.165, 1.54) is 19.0 Å². The van der Waals surface area contributed by atoms with E-state index in [4.69, 9.17) is 0 Å². The fourth-order valence-corrected chi connectivity index (χ4v) is 2.33. The number of nitrogens with one attached hydrogen (secondary N) is 1. The van der Waals surface area contributed by atoms with E-state index in [1.54, 1.807) is 12.1 Å². The van der Waals surface area contributed by atoms with E-state index in [9.17, 15) is 4.39 Å². The zero-order chi connectivity index (χ0) is 12.3. The maximum absolute atomic E-state index is 13.0. The molecule has 1 heterocycles. The van der Waals surface area contributed by atoms with Crippen LogP contribution in [-0.2, 0) is 6.54 Å². The van der Waals surface area contributed by atoms with E-state index < -0.39 is 0 Å². The zero-order valence-corrected chi connectivity index (χ0v) is 10.6. The molecule has 1 aliphatic heterocycles. The molecule has 0 bridgehead atoms. The Morgan fingerprint density at radius 2 is 2.29 bits per heavy atom. The third kappa shape index (κ3) is 3.51. The van der Waals surface area contributed by atoms with E-state index in [0.29, 0.717) is 12.1 Å². The first-order chi connectivity index (χ1) is 8.15. The van der Waals surface area contributed by atoms with Crippen molar-refractivity contribution in [3.8, 4) is 0 Å². The Labute approximate surface area is 103 Å². The highest BCUT2D eigenvalue weighted by Crippen LogP contribution is 2.13. The molecule has 2 rings (SSSR count). The summed E-state index contributed by atoms with van der Waals surface area (Å²) in [6.07, 6.45) is 1.19. The van der Waals surface area contributed by atoms with Crippen molar-refractivity contribution in [1.29, 1.82) is 0 Å². The second-order valence-electron chi connectivity index (χ2n) is 5.09. The molecule has 0 radical (unpaired) electrons. The standard InChI is InChI=1S/C14H21FN2/c1-11(2)17-7-6-14(10-17)16-9-12-4-3-5-13(15)8-12/h3-5,8,11,14,16H,6-7,9-10H2,1-2H3. The smallest absolute Gasteiger partial charge is 0.123 e. The van der Waals surface area contributed by atoms with Crippen LogP contribution in [0.4, 0.5) is 4.39 Å². The van der Waals surface area contributed by atoms with Crippen molar-refractivity contribution < 1.29 is 4.39 Å². The van der Waals surface area contributed by atoms with Gasteiger partial charge >= 0.3 is 0 Å². The van der Waals surface area contributed by atoms with Crippen molar-refractivity contribution >= 4 is 0 Å². The van der Waals surface area contributed by atoms with Gasteiger partial charge in [-0.1, -0.05) is 12.1 Å². The highest BCUT2D eigenvalue weighted by Gasteiger charge is 2.23. The van der Waals surface area contributed by atoms with Gasteiger partial charge in [-0.25, -0.2) is 4.39 Å². The molecular weight excluding hydrogens is 215 g/mol. The van der Waals surface area contributed by atoms with Crippen molar-refractivity contribution in [2.75, 3.05) is 13.1 Å². The predicted octanol–water partition coefficient (Wildman–Crippen LogP) is 2.40. The summed E-state index contributed by atoms with van der Waals surface area (Å²) >= 11 is 0. The molecule has 17 heavy (non-hydrogen) atoms. The maximum Gasteiger partial charge on any atom is 0.123 e. The number of benzene rings is 1. The highest BCUT2D eigenvalue weighted by molar-refractivity contribution is 5.16. The molecule has 1 unspecified atom stereocenters. The van der Waals surface area contributed by atoms with Crippen molar-refractivity contribution in [3.05, 3.63) is 35.6 Å². The Hall–Kier alpha value is -0.930. The average Bonchev–Trinajstić information content (AvgIpc) is 2.75. The first-order valence-electron chi connectivity index (χ1n) is 6.37. The van der Waals surface area contributed by atoms with Crippen LogP contribution in [-0.4, -0.2) is 30.1 Å². The van der Waals surface area contributed by atoms with E-state index in [0.717, 1.165) is 18.7 Å². The number of hydrogen-bond acceptors (Lipinski definition) is 2. The molecular formula is C14H21FN2. The lowest BCUT2D eigenvalue weighted by atomic mass is 10.2. The lowest BCUT2D eigenvalue weighted by Gasteiger charge is -2.20. The Bertz CT molecular complexity index is 365. The third-order valence-electron chi connectivity index (χ3n) is 3.43. The largest absolute Gasteiger partial charge is 0.309 e. The van der Waals surface area contributed by atoms with Crippen molar-refractivity contribution in [2.24, 2.45) is 0 Å². The average molecular weight is 236 g/mol. The minimum absolute atomic E-state index is 0.153. The van der Waals surface area contributed by atoms with Gasteiger partial charge in [-0.15, -0.1) is 0 Å². The van der Waals surface area contributed by atoms with Crippen molar-refractivity contribution in [1.82, 2.24) is 10.2 Å². The Morgan fingerprint density at radius 1 is 1.47 bits per heavy atom. The molecule has 0 amide bonds. The molecule has 1 N–H and O–H groups in total. The molecule has 0 spiro atoms. The molecule has 1 atom stereocenters. The molecule has 3 heteroatoms. The van der Waals surface area contributed by atoms with Gasteiger partial charge in [-0.2, -0.15) is 0 Å². The minimum atomic E-state index is -0.153. The van der Waals surface area contributed by atoms with Gasteiger partial charge < -0.3 is 5.32 Å². The molecule has 0 aliphatic carbocycles. The van der Waals surface area contributed by atoms with Gasteiger partial charge in [0, 0.05) is 25.2 Å². The normalized spacial score (nSPS) is 21.3. The second kappa shape index (κ2) is 5.61. The summed E-state index contributed by atoms with van der Waals surface area (Å²) in [5.74, 6) is -0.153. The lowest BCUT2D eigenvalue weighted by Crippen LogP contribution is -2.34. The van der Waals surface area contributed by atoms with Crippen LogP contribution in [0.3, 0.4) is 0 Å². The number of halogens is 1. The minimum Gasteiger partial charge on any atom is -0.309 e. The first-order valence-corrected chi connectivity index (χ1v) is 6.37. The number of rotatable bonds is 4. The van der Waals surface area contributed by atoms with Crippen LogP contribution in [0.1, 0.15) is 25.8 Å². The van der Waals surface area contributed by atoms with Gasteiger partial charge in [0.25, 0.3) is 0 Å².